The molecule has 2 atom stereocenters. The Hall–Kier alpha value is -1.58. The van der Waals surface area contributed by atoms with Crippen LogP contribution in [-0.2, 0) is 0 Å². The topological polar surface area (TPSA) is 50.4 Å². The number of hydrogen-bond donors (Lipinski definition) is 2. The summed E-state index contributed by atoms with van der Waals surface area (Å²) in [5.74, 6) is 0.484. The summed E-state index contributed by atoms with van der Waals surface area (Å²) < 4.78 is 13.5. The molecule has 0 spiro atoms. The van der Waals surface area contributed by atoms with E-state index in [9.17, 15) is 4.39 Å². The van der Waals surface area contributed by atoms with Gasteiger partial charge < -0.3 is 11.1 Å². The van der Waals surface area contributed by atoms with Gasteiger partial charge in [0, 0.05) is 12.0 Å². The van der Waals surface area contributed by atoms with Crippen LogP contribution in [0.4, 0.5) is 4.39 Å². The highest BCUT2D eigenvalue weighted by Crippen LogP contribution is 2.44. The van der Waals surface area contributed by atoms with Crippen molar-refractivity contribution in [2.75, 3.05) is 0 Å². The minimum Gasteiger partial charge on any atom is -0.370 e. The van der Waals surface area contributed by atoms with E-state index in [1.165, 1.54) is 6.07 Å². The first-order valence-electron chi connectivity index (χ1n) is 5.92. The third kappa shape index (κ3) is 2.96. The summed E-state index contributed by atoms with van der Waals surface area (Å²) >= 11 is 0. The van der Waals surface area contributed by atoms with Gasteiger partial charge >= 0.3 is 0 Å². The fraction of sp³-hybridized carbons (Fsp3) is 0.462. The molecule has 1 aliphatic carbocycles. The summed E-state index contributed by atoms with van der Waals surface area (Å²) in [5.41, 5.74) is 6.49. The third-order valence-electron chi connectivity index (χ3n) is 2.80. The quantitative estimate of drug-likeness (QED) is 0.622. The Morgan fingerprint density at radius 1 is 1.47 bits per heavy atom. The van der Waals surface area contributed by atoms with Crippen LogP contribution in [0.3, 0.4) is 0 Å². The summed E-state index contributed by atoms with van der Waals surface area (Å²) in [4.78, 5) is 4.34. The van der Waals surface area contributed by atoms with E-state index in [1.54, 1.807) is 6.07 Å². The number of benzene rings is 1. The van der Waals surface area contributed by atoms with Gasteiger partial charge in [-0.05, 0) is 31.9 Å². The van der Waals surface area contributed by atoms with Gasteiger partial charge in [-0.25, -0.2) is 9.38 Å². The van der Waals surface area contributed by atoms with Crippen LogP contribution in [0.15, 0.2) is 29.3 Å². The van der Waals surface area contributed by atoms with E-state index in [1.807, 2.05) is 26.0 Å². The average molecular weight is 235 g/mol. The molecule has 1 aromatic rings. The molecule has 0 saturated heterocycles. The normalized spacial score (nSPS) is 23.9. The highest BCUT2D eigenvalue weighted by atomic mass is 19.1. The number of rotatable bonds is 3. The maximum Gasteiger partial charge on any atom is 0.189 e. The maximum atomic E-state index is 13.5. The van der Waals surface area contributed by atoms with Gasteiger partial charge in [0.1, 0.15) is 5.82 Å². The third-order valence-corrected chi connectivity index (χ3v) is 2.80. The zero-order valence-electron chi connectivity index (χ0n) is 10.2. The van der Waals surface area contributed by atoms with Crippen LogP contribution in [0.5, 0.6) is 0 Å². The smallest absolute Gasteiger partial charge is 0.189 e. The number of hydrogen-bond acceptors (Lipinski definition) is 1. The Kier molecular flexibility index (Phi) is 3.31. The van der Waals surface area contributed by atoms with Gasteiger partial charge in [-0.3, -0.25) is 0 Å². The number of aliphatic imine (C=N–C) groups is 1. The van der Waals surface area contributed by atoms with Crippen LogP contribution in [0.1, 0.15) is 31.7 Å². The number of guanidine groups is 1. The van der Waals surface area contributed by atoms with Crippen LogP contribution in [0.25, 0.3) is 0 Å². The lowest BCUT2D eigenvalue weighted by Gasteiger charge is -2.08. The molecule has 0 aromatic heterocycles. The van der Waals surface area contributed by atoms with E-state index in [4.69, 9.17) is 5.73 Å². The summed E-state index contributed by atoms with van der Waals surface area (Å²) in [7, 11) is 0. The van der Waals surface area contributed by atoms with Crippen molar-refractivity contribution in [1.82, 2.24) is 5.32 Å². The highest BCUT2D eigenvalue weighted by molar-refractivity contribution is 5.78. The van der Waals surface area contributed by atoms with Crippen LogP contribution in [0, 0.1) is 5.82 Å². The highest BCUT2D eigenvalue weighted by Gasteiger charge is 2.40. The van der Waals surface area contributed by atoms with E-state index in [-0.39, 0.29) is 23.8 Å². The molecule has 0 aliphatic heterocycles. The Bertz CT molecular complexity index is 428. The second kappa shape index (κ2) is 4.73. The van der Waals surface area contributed by atoms with Gasteiger partial charge in [-0.15, -0.1) is 0 Å². The molecule has 0 bridgehead atoms. The molecular weight excluding hydrogens is 217 g/mol. The molecule has 17 heavy (non-hydrogen) atoms. The number of nitrogens with two attached hydrogens (primary N) is 1. The van der Waals surface area contributed by atoms with Crippen LogP contribution < -0.4 is 11.1 Å². The predicted octanol–water partition coefficient (Wildman–Crippen LogP) is 1.99. The van der Waals surface area contributed by atoms with Gasteiger partial charge in [0.2, 0.25) is 0 Å². The Labute approximate surface area is 101 Å². The SMILES string of the molecule is CC(C)NC(N)=NC1CC1c1ccccc1F. The molecule has 1 aromatic carbocycles. The molecule has 3 N–H and O–H groups in total. The van der Waals surface area contributed by atoms with Crippen molar-refractivity contribution in [3.63, 3.8) is 0 Å². The largest absolute Gasteiger partial charge is 0.370 e. The first kappa shape index (κ1) is 11.9. The lowest BCUT2D eigenvalue weighted by molar-refractivity contribution is 0.609. The molecule has 1 aliphatic rings. The molecular formula is C13H18FN3. The van der Waals surface area contributed by atoms with Gasteiger partial charge in [0.05, 0.1) is 6.04 Å². The van der Waals surface area contributed by atoms with E-state index < -0.39 is 0 Å². The Morgan fingerprint density at radius 3 is 2.82 bits per heavy atom. The van der Waals surface area contributed by atoms with Crippen molar-refractivity contribution >= 4 is 5.96 Å². The standard InChI is InChI=1S/C13H18FN3/c1-8(2)16-13(15)17-12-7-10(12)9-5-3-4-6-11(9)14/h3-6,8,10,12H,7H2,1-2H3,(H3,15,16,17). The molecule has 0 heterocycles. The van der Waals surface area contributed by atoms with Gasteiger partial charge in [-0.1, -0.05) is 18.2 Å². The second-order valence-corrected chi connectivity index (χ2v) is 4.74. The van der Waals surface area contributed by atoms with Crippen LogP contribution >= 0.6 is 0 Å². The van der Waals surface area contributed by atoms with Gasteiger partial charge in [-0.2, -0.15) is 0 Å². The monoisotopic (exact) mass is 235 g/mol. The molecule has 2 rings (SSSR count). The lowest BCUT2D eigenvalue weighted by atomic mass is 10.1. The fourth-order valence-electron chi connectivity index (χ4n) is 1.95. The molecule has 92 valence electrons. The van der Waals surface area contributed by atoms with Crippen molar-refractivity contribution in [2.45, 2.75) is 38.3 Å². The molecule has 0 radical (unpaired) electrons. The van der Waals surface area contributed by atoms with Gasteiger partial charge in [0.25, 0.3) is 0 Å². The van der Waals surface area contributed by atoms with Crippen molar-refractivity contribution in [3.8, 4) is 0 Å². The molecule has 3 nitrogen and oxygen atoms in total. The molecule has 4 heteroatoms. The van der Waals surface area contributed by atoms with Crippen molar-refractivity contribution in [2.24, 2.45) is 10.7 Å². The fourth-order valence-corrected chi connectivity index (χ4v) is 1.95. The van der Waals surface area contributed by atoms with Gasteiger partial charge in [0.15, 0.2) is 5.96 Å². The van der Waals surface area contributed by atoms with Crippen LogP contribution in [-0.4, -0.2) is 18.0 Å². The minimum atomic E-state index is -0.148. The second-order valence-electron chi connectivity index (χ2n) is 4.74. The number of halogens is 1. The minimum absolute atomic E-state index is 0.123. The maximum absolute atomic E-state index is 13.5. The lowest BCUT2D eigenvalue weighted by Crippen LogP contribution is -2.37. The predicted molar refractivity (Wildman–Crippen MR) is 67.4 cm³/mol. The Balaban J connectivity index is 1.99. The van der Waals surface area contributed by atoms with Crippen molar-refractivity contribution < 1.29 is 4.39 Å². The van der Waals surface area contributed by atoms with E-state index in [0.717, 1.165) is 12.0 Å². The number of nitrogens with one attached hydrogen (secondary N) is 1. The zero-order valence-corrected chi connectivity index (χ0v) is 10.2. The van der Waals surface area contributed by atoms with E-state index in [0.29, 0.717) is 5.96 Å². The summed E-state index contributed by atoms with van der Waals surface area (Å²) in [5, 5.41) is 3.03. The zero-order chi connectivity index (χ0) is 12.4. The van der Waals surface area contributed by atoms with E-state index in [2.05, 4.69) is 10.3 Å². The summed E-state index contributed by atoms with van der Waals surface area (Å²) in [6.07, 6.45) is 0.876. The Morgan fingerprint density at radius 2 is 2.18 bits per heavy atom. The molecule has 1 saturated carbocycles. The molecule has 1 fully saturated rings. The first-order chi connectivity index (χ1) is 8.08. The van der Waals surface area contributed by atoms with Crippen molar-refractivity contribution in [3.05, 3.63) is 35.6 Å². The molecule has 0 amide bonds. The summed E-state index contributed by atoms with van der Waals surface area (Å²) in [6.45, 7) is 4.01. The van der Waals surface area contributed by atoms with Crippen molar-refractivity contribution in [1.29, 1.82) is 0 Å². The summed E-state index contributed by atoms with van der Waals surface area (Å²) in [6, 6.07) is 7.26. The first-order valence-corrected chi connectivity index (χ1v) is 5.92. The van der Waals surface area contributed by atoms with E-state index >= 15 is 0 Å². The molecule has 2 unspecified atom stereocenters. The average Bonchev–Trinajstić information content (AvgIpc) is 2.96. The van der Waals surface area contributed by atoms with Crippen LogP contribution in [0.2, 0.25) is 0 Å². The number of nitrogens with zero attached hydrogens (tertiary/aromatic N) is 1.